The van der Waals surface area contributed by atoms with E-state index in [9.17, 15) is 9.90 Å². The van der Waals surface area contributed by atoms with Gasteiger partial charge in [-0.05, 0) is 38.5 Å². The van der Waals surface area contributed by atoms with Crippen molar-refractivity contribution >= 4 is 34.7 Å². The maximum atomic E-state index is 11.4. The Kier molecular flexibility index (Phi) is 4.24. The number of hydrogen-bond donors (Lipinski definition) is 2. The van der Waals surface area contributed by atoms with Crippen molar-refractivity contribution in [1.82, 2.24) is 20.1 Å². The van der Waals surface area contributed by atoms with Gasteiger partial charge in [0, 0.05) is 21.0 Å². The Hall–Kier alpha value is -2.71. The molecule has 0 radical (unpaired) electrons. The van der Waals surface area contributed by atoms with E-state index < -0.39 is 12.3 Å². The van der Waals surface area contributed by atoms with Crippen molar-refractivity contribution in [3.8, 4) is 5.00 Å². The summed E-state index contributed by atoms with van der Waals surface area (Å²) in [5.41, 5.74) is 3.61. The topological polar surface area (TPSA) is 92.4 Å². The average molecular weight is 402 g/mol. The third-order valence-corrected chi connectivity index (χ3v) is 5.98. The van der Waals surface area contributed by atoms with Crippen LogP contribution < -0.4 is 5.32 Å². The van der Waals surface area contributed by atoms with Crippen LogP contribution in [0.3, 0.4) is 0 Å². The molecule has 0 fully saturated rings. The van der Waals surface area contributed by atoms with E-state index in [1.165, 1.54) is 0 Å². The molecule has 1 aliphatic rings. The van der Waals surface area contributed by atoms with E-state index in [-0.39, 0.29) is 0 Å². The first-order valence-corrected chi connectivity index (χ1v) is 9.42. The first-order chi connectivity index (χ1) is 12.9. The zero-order valence-electron chi connectivity index (χ0n) is 14.8. The molecule has 9 heteroatoms. The first kappa shape index (κ1) is 17.7. The molecule has 1 atom stereocenters. The second-order valence-corrected chi connectivity index (χ2v) is 7.88. The van der Waals surface area contributed by atoms with E-state index in [2.05, 4.69) is 22.4 Å². The summed E-state index contributed by atoms with van der Waals surface area (Å²) in [6.07, 6.45) is -2.04. The minimum absolute atomic E-state index is 0.446. The lowest BCUT2D eigenvalue weighted by Gasteiger charge is -2.12. The quantitative estimate of drug-likeness (QED) is 0.678. The number of amides is 1. The van der Waals surface area contributed by atoms with Gasteiger partial charge in [0.25, 0.3) is 0 Å². The van der Waals surface area contributed by atoms with Crippen LogP contribution in [0.15, 0.2) is 29.3 Å². The summed E-state index contributed by atoms with van der Waals surface area (Å²) in [4.78, 5) is 17.3. The molecule has 1 aliphatic heterocycles. The predicted molar refractivity (Wildman–Crippen MR) is 104 cm³/mol. The summed E-state index contributed by atoms with van der Waals surface area (Å²) < 4.78 is 1.88. The second kappa shape index (κ2) is 6.47. The van der Waals surface area contributed by atoms with Crippen LogP contribution in [0.4, 0.5) is 4.79 Å². The van der Waals surface area contributed by atoms with Crippen LogP contribution in [0, 0.1) is 20.8 Å². The van der Waals surface area contributed by atoms with Gasteiger partial charge in [0.15, 0.2) is 12.0 Å². The van der Waals surface area contributed by atoms with Gasteiger partial charge in [0.1, 0.15) is 10.8 Å². The molecule has 0 saturated heterocycles. The molecule has 4 rings (SSSR count). The molecule has 7 nitrogen and oxygen atoms in total. The zero-order valence-corrected chi connectivity index (χ0v) is 16.4. The van der Waals surface area contributed by atoms with Gasteiger partial charge >= 0.3 is 6.09 Å². The number of aryl methyl sites for hydroxylation is 2. The summed E-state index contributed by atoms with van der Waals surface area (Å²) in [6, 6.07) is 7.36. The van der Waals surface area contributed by atoms with E-state index in [0.717, 1.165) is 26.6 Å². The number of rotatable bonds is 2. The molecule has 1 unspecified atom stereocenters. The molecule has 138 valence electrons. The normalized spacial score (nSPS) is 15.6. The van der Waals surface area contributed by atoms with Crippen LogP contribution in [-0.2, 0) is 0 Å². The lowest BCUT2D eigenvalue weighted by atomic mass is 10.00. The number of aliphatic imine (C=N–C) groups is 1. The lowest BCUT2D eigenvalue weighted by Crippen LogP contribution is -2.27. The number of carbonyl (C=O) groups is 1. The highest BCUT2D eigenvalue weighted by Crippen LogP contribution is 2.38. The van der Waals surface area contributed by atoms with Gasteiger partial charge in [-0.15, -0.1) is 21.5 Å². The van der Waals surface area contributed by atoms with Crippen molar-refractivity contribution in [2.45, 2.75) is 26.9 Å². The van der Waals surface area contributed by atoms with Crippen LogP contribution in [0.1, 0.15) is 39.4 Å². The molecule has 1 aromatic carbocycles. The Bertz CT molecular complexity index is 1080. The van der Waals surface area contributed by atoms with E-state index in [1.807, 2.05) is 30.5 Å². The molecule has 0 aliphatic carbocycles. The van der Waals surface area contributed by atoms with Crippen molar-refractivity contribution < 1.29 is 9.90 Å². The molecular weight excluding hydrogens is 386 g/mol. The number of carboxylic acid groups (broad SMARTS) is 1. The smallest absolute Gasteiger partial charge is 0.406 e. The fourth-order valence-corrected chi connectivity index (χ4v) is 4.48. The zero-order chi connectivity index (χ0) is 19.3. The molecule has 0 spiro atoms. The Balaban J connectivity index is 2.04. The highest BCUT2D eigenvalue weighted by molar-refractivity contribution is 7.15. The summed E-state index contributed by atoms with van der Waals surface area (Å²) in [5.74, 6) is 1.12. The van der Waals surface area contributed by atoms with Crippen LogP contribution in [0.5, 0.6) is 0 Å². The van der Waals surface area contributed by atoms with Gasteiger partial charge < -0.3 is 5.11 Å². The van der Waals surface area contributed by atoms with E-state index in [1.54, 1.807) is 23.5 Å². The number of nitrogens with one attached hydrogen (secondary N) is 1. The summed E-state index contributed by atoms with van der Waals surface area (Å²) >= 11 is 7.66. The number of fused-ring (bicyclic) bond motifs is 3. The van der Waals surface area contributed by atoms with Gasteiger partial charge in [-0.1, -0.05) is 23.7 Å². The largest absolute Gasteiger partial charge is 0.465 e. The predicted octanol–water partition coefficient (Wildman–Crippen LogP) is 4.02. The fraction of sp³-hybridized carbons (Fsp3) is 0.222. The lowest BCUT2D eigenvalue weighted by molar-refractivity contribution is 0.189. The molecule has 2 aromatic heterocycles. The van der Waals surface area contributed by atoms with Crippen molar-refractivity contribution in [3.63, 3.8) is 0 Å². The van der Waals surface area contributed by atoms with Crippen LogP contribution in [0.25, 0.3) is 5.00 Å². The summed E-state index contributed by atoms with van der Waals surface area (Å²) in [5, 5.41) is 21.6. The van der Waals surface area contributed by atoms with Crippen LogP contribution in [0.2, 0.25) is 5.02 Å². The van der Waals surface area contributed by atoms with Gasteiger partial charge in [-0.25, -0.2) is 4.79 Å². The van der Waals surface area contributed by atoms with Crippen molar-refractivity contribution in [3.05, 3.63) is 62.5 Å². The number of hydrogen-bond acceptors (Lipinski definition) is 5. The average Bonchev–Trinajstić information content (AvgIpc) is 3.08. The third-order valence-electron chi connectivity index (χ3n) is 4.54. The SMILES string of the molecule is Cc1sc2c(c1C)C(c1ccc(Cl)cc1)=NC(NC(=O)O)c1nnc(C)n1-2. The van der Waals surface area contributed by atoms with Crippen molar-refractivity contribution in [2.24, 2.45) is 4.99 Å². The Morgan fingerprint density at radius 2 is 1.93 bits per heavy atom. The number of nitrogens with zero attached hydrogens (tertiary/aromatic N) is 4. The second-order valence-electron chi connectivity index (χ2n) is 6.24. The molecule has 3 aromatic rings. The Labute approximate surface area is 164 Å². The number of aromatic nitrogens is 3. The molecule has 2 N–H and O–H groups in total. The van der Waals surface area contributed by atoms with Crippen molar-refractivity contribution in [2.75, 3.05) is 0 Å². The number of halogens is 1. The molecule has 0 saturated carbocycles. The van der Waals surface area contributed by atoms with Crippen LogP contribution in [-0.4, -0.2) is 31.7 Å². The van der Waals surface area contributed by atoms with E-state index in [4.69, 9.17) is 16.6 Å². The molecule has 27 heavy (non-hydrogen) atoms. The molecule has 1 amide bonds. The highest BCUT2D eigenvalue weighted by atomic mass is 35.5. The Morgan fingerprint density at radius 1 is 1.22 bits per heavy atom. The Morgan fingerprint density at radius 3 is 2.59 bits per heavy atom. The maximum Gasteiger partial charge on any atom is 0.406 e. The van der Waals surface area contributed by atoms with E-state index in [0.29, 0.717) is 22.4 Å². The highest BCUT2D eigenvalue weighted by Gasteiger charge is 2.31. The standard InChI is InChI=1S/C18H16ClN5O2S/c1-8-9(2)27-17-13(8)14(11-4-6-12(19)7-5-11)20-15(21-18(25)26)16-23-22-10(3)24(16)17/h4-7,15,21H,1-3H3,(H,25,26). The van der Waals surface area contributed by atoms with Crippen molar-refractivity contribution in [1.29, 1.82) is 0 Å². The molecule has 0 bridgehead atoms. The number of thiophene rings is 1. The summed E-state index contributed by atoms with van der Waals surface area (Å²) in [6.45, 7) is 5.94. The molecule has 3 heterocycles. The fourth-order valence-electron chi connectivity index (χ4n) is 3.14. The molecular formula is C18H16ClN5O2S. The maximum absolute atomic E-state index is 11.4. The minimum atomic E-state index is -1.18. The van der Waals surface area contributed by atoms with Gasteiger partial charge in [0.05, 0.1) is 5.71 Å². The van der Waals surface area contributed by atoms with Gasteiger partial charge in [-0.2, -0.15) is 0 Å². The number of benzene rings is 1. The van der Waals surface area contributed by atoms with Crippen LogP contribution >= 0.6 is 22.9 Å². The first-order valence-electron chi connectivity index (χ1n) is 8.22. The third kappa shape index (κ3) is 2.90. The van der Waals surface area contributed by atoms with E-state index >= 15 is 0 Å². The summed E-state index contributed by atoms with van der Waals surface area (Å²) in [7, 11) is 0. The van der Waals surface area contributed by atoms with Gasteiger partial charge in [0.2, 0.25) is 0 Å². The monoisotopic (exact) mass is 401 g/mol. The van der Waals surface area contributed by atoms with Gasteiger partial charge in [-0.3, -0.25) is 14.9 Å². The minimum Gasteiger partial charge on any atom is -0.465 e.